The van der Waals surface area contributed by atoms with E-state index >= 15 is 0 Å². The normalized spacial score (nSPS) is 12.3. The average molecular weight is 513 g/mol. The Morgan fingerprint density at radius 1 is 0.556 bits per heavy atom. The van der Waals surface area contributed by atoms with Gasteiger partial charge in [0.2, 0.25) is 0 Å². The Morgan fingerprint density at radius 2 is 0.889 bits per heavy atom. The van der Waals surface area contributed by atoms with Crippen LogP contribution in [0.2, 0.25) is 0 Å². The van der Waals surface area contributed by atoms with Crippen molar-refractivity contribution in [3.05, 3.63) is 0 Å². The summed E-state index contributed by atoms with van der Waals surface area (Å²) in [5.41, 5.74) is 0. The van der Waals surface area contributed by atoms with Crippen molar-refractivity contribution in [2.24, 2.45) is 0 Å². The number of hydrogen-bond donors (Lipinski definition) is 0. The number of unbranched alkanes of at least 4 members (excludes halogenated alkanes) is 15. The number of rotatable bonds is 21. The van der Waals surface area contributed by atoms with Crippen molar-refractivity contribution in [3.8, 4) is 0 Å². The Balaban J connectivity index is 0. The summed E-state index contributed by atoms with van der Waals surface area (Å²) >= 11 is 3.51. The highest BCUT2D eigenvalue weighted by molar-refractivity contribution is 9.09. The molecule has 0 aromatic heterocycles. The van der Waals surface area contributed by atoms with Crippen molar-refractivity contribution in [2.75, 3.05) is 19.4 Å². The summed E-state index contributed by atoms with van der Waals surface area (Å²) in [6.07, 6.45) is 27.2. The van der Waals surface area contributed by atoms with E-state index in [2.05, 4.69) is 41.8 Å². The fourth-order valence-electron chi connectivity index (χ4n) is 3.89. The van der Waals surface area contributed by atoms with Crippen LogP contribution in [0.5, 0.6) is 0 Å². The first-order chi connectivity index (χ1) is 12.7. The minimum Gasteiger partial charge on any atom is -0.306 e. The lowest BCUT2D eigenvalue weighted by molar-refractivity contribution is 0.251. The van der Waals surface area contributed by atoms with Gasteiger partial charge in [-0.1, -0.05) is 126 Å². The fraction of sp³-hybridized carbons (Fsp3) is 1.00. The lowest BCUT2D eigenvalue weighted by atomic mass is 9.99. The van der Waals surface area contributed by atoms with Crippen LogP contribution in [-0.4, -0.2) is 30.4 Å². The molecule has 0 radical (unpaired) electrons. The van der Waals surface area contributed by atoms with Gasteiger partial charge in [-0.3, -0.25) is 0 Å². The molecule has 166 valence electrons. The molecule has 0 aliphatic heterocycles. The molecule has 0 saturated heterocycles. The lowest BCUT2D eigenvalue weighted by Crippen LogP contribution is -2.27. The van der Waals surface area contributed by atoms with Crippen LogP contribution in [0.1, 0.15) is 129 Å². The second-order valence-corrected chi connectivity index (χ2v) is 9.33. The third-order valence-electron chi connectivity index (χ3n) is 5.79. The highest BCUT2D eigenvalue weighted by Gasteiger charge is 2.10. The maximum Gasteiger partial charge on any atom is 0.00891 e. The third-order valence-corrected chi connectivity index (χ3v) is 6.35. The number of alkyl halides is 1. The van der Waals surface area contributed by atoms with E-state index in [1.165, 1.54) is 127 Å². The number of halogens is 2. The maximum atomic E-state index is 3.51. The molecule has 1 unspecified atom stereocenters. The molecule has 27 heavy (non-hydrogen) atoms. The molecule has 0 bridgehead atoms. The van der Waals surface area contributed by atoms with Crippen molar-refractivity contribution < 1.29 is 0 Å². The average Bonchev–Trinajstić information content (AvgIpc) is 2.63. The van der Waals surface area contributed by atoms with Gasteiger partial charge in [0.05, 0.1) is 0 Å². The second-order valence-electron chi connectivity index (χ2n) is 8.54. The molecule has 0 fully saturated rings. The van der Waals surface area contributed by atoms with E-state index in [0.29, 0.717) is 0 Å². The molecule has 1 nitrogen and oxygen atoms in total. The molecule has 3 heteroatoms. The minimum absolute atomic E-state index is 0. The zero-order valence-corrected chi connectivity index (χ0v) is 22.3. The minimum atomic E-state index is 0. The molecular weight excluding hydrogens is 462 g/mol. The van der Waals surface area contributed by atoms with E-state index in [1.54, 1.807) is 0 Å². The smallest absolute Gasteiger partial charge is 0.00891 e. The Morgan fingerprint density at radius 3 is 1.22 bits per heavy atom. The summed E-state index contributed by atoms with van der Waals surface area (Å²) < 4.78 is 0. The van der Waals surface area contributed by atoms with Crippen LogP contribution in [0.4, 0.5) is 0 Å². The molecule has 0 aromatic rings. The lowest BCUT2D eigenvalue weighted by Gasteiger charge is -2.24. The summed E-state index contributed by atoms with van der Waals surface area (Å²) in [6, 6.07) is 0.820. The SMILES string of the molecule is Br.CCCCCCCCCC(CCCCCCCCCCCCBr)N(C)C. The molecule has 0 aromatic carbocycles. The third kappa shape index (κ3) is 23.1. The van der Waals surface area contributed by atoms with Crippen LogP contribution in [0, 0.1) is 0 Å². The van der Waals surface area contributed by atoms with Gasteiger partial charge in [-0.25, -0.2) is 0 Å². The van der Waals surface area contributed by atoms with Crippen molar-refractivity contribution in [1.29, 1.82) is 0 Å². The molecular formula is C24H51Br2N. The summed E-state index contributed by atoms with van der Waals surface area (Å²) in [5, 5.41) is 1.18. The monoisotopic (exact) mass is 511 g/mol. The predicted molar refractivity (Wildman–Crippen MR) is 135 cm³/mol. The summed E-state index contributed by atoms with van der Waals surface area (Å²) in [7, 11) is 4.56. The van der Waals surface area contributed by atoms with Crippen molar-refractivity contribution >= 4 is 32.9 Å². The largest absolute Gasteiger partial charge is 0.306 e. The molecule has 0 saturated carbocycles. The van der Waals surface area contributed by atoms with Gasteiger partial charge >= 0.3 is 0 Å². The molecule has 0 aliphatic rings. The maximum absolute atomic E-state index is 3.51. The van der Waals surface area contributed by atoms with Crippen LogP contribution < -0.4 is 0 Å². The summed E-state index contributed by atoms with van der Waals surface area (Å²) in [5.74, 6) is 0. The van der Waals surface area contributed by atoms with Crippen molar-refractivity contribution in [3.63, 3.8) is 0 Å². The van der Waals surface area contributed by atoms with Crippen LogP contribution in [-0.2, 0) is 0 Å². The molecule has 0 spiro atoms. The molecule has 0 N–H and O–H groups in total. The van der Waals surface area contributed by atoms with Crippen molar-refractivity contribution in [2.45, 2.75) is 135 Å². The van der Waals surface area contributed by atoms with Gasteiger partial charge in [-0.15, -0.1) is 17.0 Å². The first-order valence-electron chi connectivity index (χ1n) is 11.9. The van der Waals surface area contributed by atoms with Gasteiger partial charge in [-0.2, -0.15) is 0 Å². The fourth-order valence-corrected chi connectivity index (χ4v) is 4.28. The van der Waals surface area contributed by atoms with E-state index in [1.807, 2.05) is 0 Å². The second kappa shape index (κ2) is 25.0. The van der Waals surface area contributed by atoms with Crippen molar-refractivity contribution in [1.82, 2.24) is 4.90 Å². The Hall–Kier alpha value is 0.920. The molecule has 0 rings (SSSR count). The van der Waals surface area contributed by atoms with Gasteiger partial charge < -0.3 is 4.90 Å². The van der Waals surface area contributed by atoms with Crippen LogP contribution in [0.25, 0.3) is 0 Å². The number of nitrogens with zero attached hydrogens (tertiary/aromatic N) is 1. The summed E-state index contributed by atoms with van der Waals surface area (Å²) in [4.78, 5) is 2.48. The van der Waals surface area contributed by atoms with E-state index in [4.69, 9.17) is 0 Å². The Kier molecular flexibility index (Phi) is 27.8. The van der Waals surface area contributed by atoms with Gasteiger partial charge in [0, 0.05) is 11.4 Å². The zero-order chi connectivity index (χ0) is 19.3. The van der Waals surface area contributed by atoms with Crippen LogP contribution in [0.3, 0.4) is 0 Å². The highest BCUT2D eigenvalue weighted by Crippen LogP contribution is 2.17. The number of hydrogen-bond acceptors (Lipinski definition) is 1. The predicted octanol–water partition coefficient (Wildman–Crippen LogP) is 9.32. The summed E-state index contributed by atoms with van der Waals surface area (Å²) in [6.45, 7) is 2.30. The van der Waals surface area contributed by atoms with E-state index in [-0.39, 0.29) is 17.0 Å². The molecule has 0 amide bonds. The van der Waals surface area contributed by atoms with Gasteiger partial charge in [0.1, 0.15) is 0 Å². The van der Waals surface area contributed by atoms with Crippen LogP contribution >= 0.6 is 32.9 Å². The van der Waals surface area contributed by atoms with Gasteiger partial charge in [0.25, 0.3) is 0 Å². The van der Waals surface area contributed by atoms with Gasteiger partial charge in [0.15, 0.2) is 0 Å². The Labute approximate surface area is 191 Å². The molecule has 0 heterocycles. The molecule has 0 aliphatic carbocycles. The first-order valence-corrected chi connectivity index (χ1v) is 13.1. The molecule has 1 atom stereocenters. The van der Waals surface area contributed by atoms with E-state index in [0.717, 1.165) is 6.04 Å². The zero-order valence-electron chi connectivity index (χ0n) is 19.0. The van der Waals surface area contributed by atoms with Gasteiger partial charge in [-0.05, 0) is 33.4 Å². The Bertz CT molecular complexity index is 259. The highest BCUT2D eigenvalue weighted by atomic mass is 79.9. The standard InChI is InChI=1S/C24H50BrN.BrH/c1-4-5-6-7-12-15-18-21-24(26(2)3)22-19-16-13-10-8-9-11-14-17-20-23-25;/h24H,4-23H2,1-3H3;1H. The van der Waals surface area contributed by atoms with E-state index < -0.39 is 0 Å². The van der Waals surface area contributed by atoms with Crippen LogP contribution in [0.15, 0.2) is 0 Å². The quantitative estimate of drug-likeness (QED) is 0.109. The topological polar surface area (TPSA) is 3.24 Å². The van der Waals surface area contributed by atoms with E-state index in [9.17, 15) is 0 Å². The first kappa shape index (κ1) is 30.1.